The molecule has 0 saturated heterocycles. The van der Waals surface area contributed by atoms with Crippen LogP contribution in [0.3, 0.4) is 0 Å². The van der Waals surface area contributed by atoms with E-state index >= 15 is 0 Å². The second-order valence-electron chi connectivity index (χ2n) is 8.71. The van der Waals surface area contributed by atoms with Gasteiger partial charge in [0.2, 0.25) is 0 Å². The first-order valence-corrected chi connectivity index (χ1v) is 12.3. The van der Waals surface area contributed by atoms with Gasteiger partial charge in [0.15, 0.2) is 11.5 Å². The standard InChI is InChI=1S/C32H26N2O6/c1-39-31-18-14-24(22-32(31)40-2)8-10-26-19-25(9-7-23-12-16-29(17-13-23)33(35)36)20-27(21-26)11-15-28-5-3-4-6-30(28)34(37)38/h3-22H,1-2H3. The molecular weight excluding hydrogens is 508 g/mol. The number of ether oxygens (including phenoxy) is 2. The number of para-hydroxylation sites is 1. The van der Waals surface area contributed by atoms with E-state index in [1.807, 2.05) is 66.8 Å². The molecule has 0 N–H and O–H groups in total. The second-order valence-corrected chi connectivity index (χ2v) is 8.71. The third-order valence-corrected chi connectivity index (χ3v) is 6.04. The first-order chi connectivity index (χ1) is 19.4. The highest BCUT2D eigenvalue weighted by molar-refractivity contribution is 5.80. The number of nitro benzene ring substituents is 2. The molecule has 0 fully saturated rings. The van der Waals surface area contributed by atoms with Crippen molar-refractivity contribution in [1.82, 2.24) is 0 Å². The highest BCUT2D eigenvalue weighted by Crippen LogP contribution is 2.29. The Balaban J connectivity index is 1.69. The minimum absolute atomic E-state index is 0.0292. The molecule has 0 amide bonds. The minimum Gasteiger partial charge on any atom is -0.493 e. The van der Waals surface area contributed by atoms with Crippen LogP contribution in [0.15, 0.2) is 84.9 Å². The lowest BCUT2D eigenvalue weighted by molar-refractivity contribution is -0.385. The Morgan fingerprint density at radius 3 is 1.65 bits per heavy atom. The zero-order valence-corrected chi connectivity index (χ0v) is 21.9. The fourth-order valence-corrected chi connectivity index (χ4v) is 4.02. The maximum Gasteiger partial charge on any atom is 0.276 e. The first kappa shape index (κ1) is 27.5. The van der Waals surface area contributed by atoms with Crippen LogP contribution in [0, 0.1) is 20.2 Å². The van der Waals surface area contributed by atoms with Crippen molar-refractivity contribution in [2.24, 2.45) is 0 Å². The molecule has 0 aliphatic heterocycles. The van der Waals surface area contributed by atoms with Gasteiger partial charge in [-0.05, 0) is 82.4 Å². The van der Waals surface area contributed by atoms with Crippen molar-refractivity contribution in [3.8, 4) is 11.5 Å². The van der Waals surface area contributed by atoms with Gasteiger partial charge in [-0.1, -0.05) is 48.6 Å². The monoisotopic (exact) mass is 534 g/mol. The van der Waals surface area contributed by atoms with Crippen molar-refractivity contribution >= 4 is 47.8 Å². The van der Waals surface area contributed by atoms with Gasteiger partial charge in [-0.3, -0.25) is 20.2 Å². The number of methoxy groups -OCH3 is 2. The molecule has 0 radical (unpaired) electrons. The van der Waals surface area contributed by atoms with Gasteiger partial charge in [0.05, 0.1) is 29.6 Å². The van der Waals surface area contributed by atoms with E-state index in [9.17, 15) is 20.2 Å². The molecule has 0 aliphatic carbocycles. The number of nitro groups is 2. The molecule has 0 heterocycles. The normalized spacial score (nSPS) is 11.3. The molecule has 200 valence electrons. The van der Waals surface area contributed by atoms with Gasteiger partial charge in [-0.2, -0.15) is 0 Å². The van der Waals surface area contributed by atoms with Gasteiger partial charge in [0.1, 0.15) is 0 Å². The van der Waals surface area contributed by atoms with Crippen molar-refractivity contribution in [1.29, 1.82) is 0 Å². The van der Waals surface area contributed by atoms with Crippen LogP contribution in [-0.2, 0) is 0 Å². The van der Waals surface area contributed by atoms with Gasteiger partial charge < -0.3 is 9.47 Å². The second kappa shape index (κ2) is 12.8. The summed E-state index contributed by atoms with van der Waals surface area (Å²) in [4.78, 5) is 21.5. The number of rotatable bonds is 10. The largest absolute Gasteiger partial charge is 0.493 e. The van der Waals surface area contributed by atoms with Crippen LogP contribution < -0.4 is 9.47 Å². The van der Waals surface area contributed by atoms with E-state index < -0.39 is 9.85 Å². The maximum atomic E-state index is 11.4. The van der Waals surface area contributed by atoms with Gasteiger partial charge in [0, 0.05) is 18.2 Å². The summed E-state index contributed by atoms with van der Waals surface area (Å²) in [7, 11) is 3.17. The average molecular weight is 535 g/mol. The Morgan fingerprint density at radius 1 is 0.550 bits per heavy atom. The third-order valence-electron chi connectivity index (χ3n) is 6.04. The van der Waals surface area contributed by atoms with Crippen molar-refractivity contribution in [3.05, 3.63) is 139 Å². The lowest BCUT2D eigenvalue weighted by Gasteiger charge is -2.08. The Morgan fingerprint density at radius 2 is 1.07 bits per heavy atom. The van der Waals surface area contributed by atoms with Crippen molar-refractivity contribution < 1.29 is 19.3 Å². The highest BCUT2D eigenvalue weighted by Gasteiger charge is 2.09. The molecule has 0 aliphatic rings. The molecule has 4 aromatic rings. The van der Waals surface area contributed by atoms with Gasteiger partial charge in [-0.15, -0.1) is 0 Å². The quantitative estimate of drug-likeness (QED) is 0.116. The summed E-state index contributed by atoms with van der Waals surface area (Å²) in [5.41, 5.74) is 4.93. The molecule has 0 saturated carbocycles. The predicted molar refractivity (Wildman–Crippen MR) is 159 cm³/mol. The maximum absolute atomic E-state index is 11.4. The molecule has 4 rings (SSSR count). The minimum atomic E-state index is -0.433. The van der Waals surface area contributed by atoms with Crippen LogP contribution in [0.4, 0.5) is 11.4 Å². The summed E-state index contributed by atoms with van der Waals surface area (Å²) >= 11 is 0. The zero-order chi connectivity index (χ0) is 28.5. The number of hydrogen-bond acceptors (Lipinski definition) is 6. The predicted octanol–water partition coefficient (Wildman–Crippen LogP) is 8.03. The number of nitrogens with zero attached hydrogens (tertiary/aromatic N) is 2. The van der Waals surface area contributed by atoms with Crippen LogP contribution in [-0.4, -0.2) is 24.1 Å². The Hall–Kier alpha value is -5.50. The fraction of sp³-hybridized carbons (Fsp3) is 0.0625. The molecule has 0 spiro atoms. The van der Waals surface area contributed by atoms with Crippen LogP contribution >= 0.6 is 0 Å². The van der Waals surface area contributed by atoms with Gasteiger partial charge in [0.25, 0.3) is 11.4 Å². The van der Waals surface area contributed by atoms with Crippen LogP contribution in [0.25, 0.3) is 36.5 Å². The smallest absolute Gasteiger partial charge is 0.276 e. The summed E-state index contributed by atoms with van der Waals surface area (Å²) in [6.07, 6.45) is 11.3. The molecule has 40 heavy (non-hydrogen) atoms. The Bertz CT molecular complexity index is 1620. The van der Waals surface area contributed by atoms with Crippen LogP contribution in [0.1, 0.15) is 33.4 Å². The average Bonchev–Trinajstić information content (AvgIpc) is 2.98. The van der Waals surface area contributed by atoms with Gasteiger partial charge in [-0.25, -0.2) is 0 Å². The Kier molecular flexibility index (Phi) is 8.84. The van der Waals surface area contributed by atoms with Crippen molar-refractivity contribution in [3.63, 3.8) is 0 Å². The van der Waals surface area contributed by atoms with Gasteiger partial charge >= 0.3 is 0 Å². The molecule has 0 atom stereocenters. The van der Waals surface area contributed by atoms with E-state index in [-0.39, 0.29) is 11.4 Å². The molecule has 8 nitrogen and oxygen atoms in total. The number of hydrogen-bond donors (Lipinski definition) is 0. The van der Waals surface area contributed by atoms with E-state index in [1.54, 1.807) is 50.6 Å². The van der Waals surface area contributed by atoms with Crippen molar-refractivity contribution in [2.45, 2.75) is 0 Å². The Labute approximate surface area is 231 Å². The SMILES string of the molecule is COc1ccc(C=Cc2cc(C=Cc3ccc([N+](=O)[O-])cc3)cc(C=Cc3ccccc3[N+](=O)[O-])c2)cc1OC. The molecule has 0 bridgehead atoms. The van der Waals surface area contributed by atoms with E-state index in [0.29, 0.717) is 17.1 Å². The van der Waals surface area contributed by atoms with E-state index in [1.165, 1.54) is 18.2 Å². The molecule has 4 aromatic carbocycles. The van der Waals surface area contributed by atoms with Crippen LogP contribution in [0.2, 0.25) is 0 Å². The molecule has 0 aromatic heterocycles. The highest BCUT2D eigenvalue weighted by atomic mass is 16.6. The summed E-state index contributed by atoms with van der Waals surface area (Å²) in [6.45, 7) is 0. The van der Waals surface area contributed by atoms with E-state index in [0.717, 1.165) is 27.8 Å². The summed E-state index contributed by atoms with van der Waals surface area (Å²) in [5.74, 6) is 1.26. The number of benzene rings is 4. The van der Waals surface area contributed by atoms with E-state index in [4.69, 9.17) is 9.47 Å². The summed E-state index contributed by atoms with van der Waals surface area (Å²) in [6, 6.07) is 24.4. The molecular formula is C32H26N2O6. The first-order valence-electron chi connectivity index (χ1n) is 12.3. The lowest BCUT2D eigenvalue weighted by Crippen LogP contribution is -1.90. The van der Waals surface area contributed by atoms with Crippen LogP contribution in [0.5, 0.6) is 11.5 Å². The molecule has 8 heteroatoms. The summed E-state index contributed by atoms with van der Waals surface area (Å²) < 4.78 is 10.7. The topological polar surface area (TPSA) is 105 Å². The zero-order valence-electron chi connectivity index (χ0n) is 21.9. The fourth-order valence-electron chi connectivity index (χ4n) is 4.02. The number of non-ortho nitro benzene ring substituents is 1. The molecule has 0 unspecified atom stereocenters. The summed E-state index contributed by atoms with van der Waals surface area (Å²) in [5, 5.41) is 22.4. The third kappa shape index (κ3) is 7.08. The van der Waals surface area contributed by atoms with E-state index in [2.05, 4.69) is 0 Å². The lowest BCUT2D eigenvalue weighted by atomic mass is 10.0. The van der Waals surface area contributed by atoms with Crippen molar-refractivity contribution in [2.75, 3.05) is 14.2 Å².